The van der Waals surface area contributed by atoms with Crippen LogP contribution in [0.25, 0.3) is 21.8 Å². The number of benzene rings is 2. The van der Waals surface area contributed by atoms with Crippen LogP contribution in [0.4, 0.5) is 11.5 Å². The number of fused-ring (bicyclic) bond motifs is 2. The lowest BCUT2D eigenvalue weighted by Gasteiger charge is -2.08. The highest BCUT2D eigenvalue weighted by Gasteiger charge is 2.10. The quantitative estimate of drug-likeness (QED) is 0.496. The predicted octanol–water partition coefficient (Wildman–Crippen LogP) is 4.34. The van der Waals surface area contributed by atoms with Crippen LogP contribution < -0.4 is 10.6 Å². The van der Waals surface area contributed by atoms with Gasteiger partial charge in [-0.25, -0.2) is 4.98 Å². The number of pyridine rings is 1. The van der Waals surface area contributed by atoms with Gasteiger partial charge in [0.25, 0.3) is 5.91 Å². The molecule has 0 aliphatic rings. The Morgan fingerprint density at radius 3 is 2.81 bits per heavy atom. The maximum absolute atomic E-state index is 11.8. The maximum Gasteiger partial charge on any atom is 0.267 e. The zero-order chi connectivity index (χ0) is 19.0. The van der Waals surface area contributed by atoms with Gasteiger partial charge in [-0.2, -0.15) is 5.26 Å². The number of carbonyl (C=O) groups excluding carboxylic acids is 1. The molecule has 0 radical (unpaired) electrons. The molecule has 0 fully saturated rings. The van der Waals surface area contributed by atoms with E-state index in [2.05, 4.69) is 26.7 Å². The molecule has 3 N–H and O–H groups in total. The van der Waals surface area contributed by atoms with Crippen LogP contribution in [-0.4, -0.2) is 22.9 Å². The molecule has 0 saturated carbocycles. The average molecular weight is 376 g/mol. The molecule has 0 bridgehead atoms. The van der Waals surface area contributed by atoms with E-state index in [0.29, 0.717) is 33.0 Å². The van der Waals surface area contributed by atoms with Gasteiger partial charge in [-0.3, -0.25) is 4.79 Å². The molecule has 0 unspecified atom stereocenters. The Bertz CT molecular complexity index is 1240. The van der Waals surface area contributed by atoms with E-state index in [4.69, 9.17) is 11.6 Å². The number of halogens is 1. The van der Waals surface area contributed by atoms with Crippen molar-refractivity contribution in [1.29, 1.82) is 5.26 Å². The highest BCUT2D eigenvalue weighted by molar-refractivity contribution is 6.31. The number of aromatic amines is 1. The summed E-state index contributed by atoms with van der Waals surface area (Å²) < 4.78 is 0. The van der Waals surface area contributed by atoms with Gasteiger partial charge in [0.1, 0.15) is 11.5 Å². The zero-order valence-electron chi connectivity index (χ0n) is 14.3. The topological polar surface area (TPSA) is 93.6 Å². The predicted molar refractivity (Wildman–Crippen MR) is 106 cm³/mol. The lowest BCUT2D eigenvalue weighted by molar-refractivity contribution is 0.0959. The summed E-state index contributed by atoms with van der Waals surface area (Å²) in [6, 6.07) is 16.6. The van der Waals surface area contributed by atoms with Gasteiger partial charge in [0.05, 0.1) is 17.1 Å². The van der Waals surface area contributed by atoms with Crippen molar-refractivity contribution in [3.63, 3.8) is 0 Å². The van der Waals surface area contributed by atoms with Crippen molar-refractivity contribution in [2.45, 2.75) is 0 Å². The fourth-order valence-electron chi connectivity index (χ4n) is 2.97. The second-order valence-electron chi connectivity index (χ2n) is 6.02. The van der Waals surface area contributed by atoms with Gasteiger partial charge >= 0.3 is 0 Å². The number of carbonyl (C=O) groups is 1. The summed E-state index contributed by atoms with van der Waals surface area (Å²) in [5.74, 6) is 0.386. The summed E-state index contributed by atoms with van der Waals surface area (Å²) in [4.78, 5) is 19.4. The number of aromatic nitrogens is 2. The summed E-state index contributed by atoms with van der Waals surface area (Å²) in [5.41, 5.74) is 3.34. The molecule has 0 aliphatic heterocycles. The first-order valence-corrected chi connectivity index (χ1v) is 8.57. The first-order valence-electron chi connectivity index (χ1n) is 8.19. The van der Waals surface area contributed by atoms with Gasteiger partial charge in [-0.05, 0) is 48.5 Å². The van der Waals surface area contributed by atoms with Crippen molar-refractivity contribution < 1.29 is 4.79 Å². The van der Waals surface area contributed by atoms with E-state index in [1.165, 1.54) is 0 Å². The fraction of sp³-hybridized carbons (Fsp3) is 0.0500. The SMILES string of the molecule is CNC(=O)c1cc2cc(Nc3cc(C#N)c4cc(Cl)ccc4n3)ccc2[nH]1. The lowest BCUT2D eigenvalue weighted by Crippen LogP contribution is -2.17. The summed E-state index contributed by atoms with van der Waals surface area (Å²) in [7, 11) is 1.59. The number of nitriles is 1. The molecule has 132 valence electrons. The molecule has 7 heteroatoms. The molecule has 27 heavy (non-hydrogen) atoms. The highest BCUT2D eigenvalue weighted by atomic mass is 35.5. The van der Waals surface area contributed by atoms with Crippen molar-refractivity contribution in [2.24, 2.45) is 0 Å². The van der Waals surface area contributed by atoms with Crippen LogP contribution >= 0.6 is 11.6 Å². The first-order chi connectivity index (χ1) is 13.1. The van der Waals surface area contributed by atoms with Gasteiger partial charge in [-0.15, -0.1) is 0 Å². The Balaban J connectivity index is 1.72. The van der Waals surface area contributed by atoms with Gasteiger partial charge in [0, 0.05) is 34.0 Å². The number of rotatable bonds is 3. The van der Waals surface area contributed by atoms with Crippen molar-refractivity contribution in [3.05, 3.63) is 64.8 Å². The number of nitrogens with zero attached hydrogens (tertiary/aromatic N) is 2. The van der Waals surface area contributed by atoms with Crippen LogP contribution in [0.5, 0.6) is 0 Å². The van der Waals surface area contributed by atoms with Gasteiger partial charge < -0.3 is 15.6 Å². The monoisotopic (exact) mass is 375 g/mol. The van der Waals surface area contributed by atoms with E-state index in [1.807, 2.05) is 18.2 Å². The second-order valence-corrected chi connectivity index (χ2v) is 6.45. The third kappa shape index (κ3) is 3.16. The minimum atomic E-state index is -0.172. The Kier molecular flexibility index (Phi) is 4.15. The molecular weight excluding hydrogens is 362 g/mol. The van der Waals surface area contributed by atoms with Crippen molar-refractivity contribution in [1.82, 2.24) is 15.3 Å². The smallest absolute Gasteiger partial charge is 0.267 e. The third-order valence-electron chi connectivity index (χ3n) is 4.26. The van der Waals surface area contributed by atoms with Crippen LogP contribution in [0, 0.1) is 11.3 Å². The van der Waals surface area contributed by atoms with Gasteiger partial charge in [0.15, 0.2) is 0 Å². The van der Waals surface area contributed by atoms with E-state index in [-0.39, 0.29) is 5.91 Å². The number of H-pyrrole nitrogens is 1. The van der Waals surface area contributed by atoms with E-state index < -0.39 is 0 Å². The minimum Gasteiger partial charge on any atom is -0.354 e. The molecule has 0 atom stereocenters. The van der Waals surface area contributed by atoms with Crippen LogP contribution in [0.2, 0.25) is 5.02 Å². The van der Waals surface area contributed by atoms with E-state index in [1.54, 1.807) is 37.4 Å². The fourth-order valence-corrected chi connectivity index (χ4v) is 3.14. The number of nitrogens with one attached hydrogen (secondary N) is 3. The molecule has 2 aromatic heterocycles. The summed E-state index contributed by atoms with van der Waals surface area (Å²) >= 11 is 6.02. The molecule has 1 amide bonds. The standard InChI is InChI=1S/C20H14ClN5O/c1-23-20(27)18-7-11-6-14(3-5-16(11)25-18)24-19-8-12(10-22)15-9-13(21)2-4-17(15)26-19/h2-9,25H,1H3,(H,23,27)(H,24,26). The number of hydrogen-bond donors (Lipinski definition) is 3. The summed E-state index contributed by atoms with van der Waals surface area (Å²) in [6.07, 6.45) is 0. The van der Waals surface area contributed by atoms with E-state index in [9.17, 15) is 10.1 Å². The number of amides is 1. The Morgan fingerprint density at radius 2 is 2.04 bits per heavy atom. The largest absolute Gasteiger partial charge is 0.354 e. The first kappa shape index (κ1) is 16.9. The normalized spacial score (nSPS) is 10.7. The van der Waals surface area contributed by atoms with E-state index in [0.717, 1.165) is 16.6 Å². The van der Waals surface area contributed by atoms with E-state index >= 15 is 0 Å². The molecule has 4 aromatic rings. The Labute approximate surface area is 159 Å². The molecule has 0 saturated heterocycles. The van der Waals surface area contributed by atoms with Crippen LogP contribution in [0.1, 0.15) is 16.1 Å². The Morgan fingerprint density at radius 1 is 1.19 bits per heavy atom. The Hall–Kier alpha value is -3.56. The summed E-state index contributed by atoms with van der Waals surface area (Å²) in [5, 5.41) is 17.4. The van der Waals surface area contributed by atoms with Crippen molar-refractivity contribution >= 4 is 50.8 Å². The highest BCUT2D eigenvalue weighted by Crippen LogP contribution is 2.27. The number of hydrogen-bond acceptors (Lipinski definition) is 4. The van der Waals surface area contributed by atoms with Crippen LogP contribution in [0.15, 0.2) is 48.5 Å². The molecule has 0 aliphatic carbocycles. The molecule has 2 aromatic carbocycles. The van der Waals surface area contributed by atoms with Crippen LogP contribution in [0.3, 0.4) is 0 Å². The number of anilines is 2. The average Bonchev–Trinajstić information content (AvgIpc) is 3.10. The van der Waals surface area contributed by atoms with Crippen molar-refractivity contribution in [2.75, 3.05) is 12.4 Å². The molecule has 0 spiro atoms. The van der Waals surface area contributed by atoms with Crippen LogP contribution in [-0.2, 0) is 0 Å². The molecule has 2 heterocycles. The lowest BCUT2D eigenvalue weighted by atomic mass is 10.1. The molecule has 4 rings (SSSR count). The third-order valence-corrected chi connectivity index (χ3v) is 4.49. The minimum absolute atomic E-state index is 0.172. The maximum atomic E-state index is 11.8. The molecule has 6 nitrogen and oxygen atoms in total. The van der Waals surface area contributed by atoms with Gasteiger partial charge in [-0.1, -0.05) is 11.6 Å². The van der Waals surface area contributed by atoms with Crippen molar-refractivity contribution in [3.8, 4) is 6.07 Å². The zero-order valence-corrected chi connectivity index (χ0v) is 15.1. The summed E-state index contributed by atoms with van der Waals surface area (Å²) in [6.45, 7) is 0. The van der Waals surface area contributed by atoms with Gasteiger partial charge in [0.2, 0.25) is 0 Å². The molecular formula is C20H14ClN5O. The second kappa shape index (κ2) is 6.63.